The highest BCUT2D eigenvalue weighted by Gasteiger charge is 2.36. The summed E-state index contributed by atoms with van der Waals surface area (Å²) in [6.45, 7) is 5.75. The lowest BCUT2D eigenvalue weighted by Crippen LogP contribution is -2.35. The third kappa shape index (κ3) is 6.82. The SMILES string of the molecule is COCCN(CC1CC1C)c1cc(-c2nnc([C@@](C)(N)Cc3ccccc3)o2)c(Cl)c(N(C)S(=O)(=O)c2cccnc2)n1. The number of aromatic nitrogens is 4. The van der Waals surface area contributed by atoms with Gasteiger partial charge in [0.25, 0.3) is 10.0 Å². The zero-order valence-electron chi connectivity index (χ0n) is 24.6. The number of nitrogens with zero attached hydrogens (tertiary/aromatic N) is 6. The minimum atomic E-state index is -4.05. The van der Waals surface area contributed by atoms with Gasteiger partial charge in [-0.15, -0.1) is 10.2 Å². The van der Waals surface area contributed by atoms with Crippen molar-refractivity contribution >= 4 is 33.3 Å². The predicted molar refractivity (Wildman–Crippen MR) is 165 cm³/mol. The van der Waals surface area contributed by atoms with Gasteiger partial charge in [0.15, 0.2) is 5.82 Å². The number of hydrogen-bond acceptors (Lipinski definition) is 10. The van der Waals surface area contributed by atoms with E-state index in [2.05, 4.69) is 27.0 Å². The van der Waals surface area contributed by atoms with Gasteiger partial charge in [-0.2, -0.15) is 0 Å². The van der Waals surface area contributed by atoms with E-state index in [9.17, 15) is 8.42 Å². The Kier molecular flexibility index (Phi) is 9.02. The first-order chi connectivity index (χ1) is 20.5. The van der Waals surface area contributed by atoms with Gasteiger partial charge in [0.1, 0.15) is 10.7 Å². The van der Waals surface area contributed by atoms with Crippen LogP contribution in [0.3, 0.4) is 0 Å². The van der Waals surface area contributed by atoms with E-state index in [1.807, 2.05) is 37.3 Å². The summed E-state index contributed by atoms with van der Waals surface area (Å²) >= 11 is 6.92. The van der Waals surface area contributed by atoms with Gasteiger partial charge in [0.05, 0.1) is 22.7 Å². The average Bonchev–Trinajstić information content (AvgIpc) is 3.46. The molecule has 228 valence electrons. The van der Waals surface area contributed by atoms with Crippen molar-refractivity contribution in [3.8, 4) is 11.5 Å². The van der Waals surface area contributed by atoms with Gasteiger partial charge < -0.3 is 19.8 Å². The summed E-state index contributed by atoms with van der Waals surface area (Å²) < 4.78 is 39.8. The van der Waals surface area contributed by atoms with E-state index in [1.54, 1.807) is 19.2 Å². The molecule has 13 heteroatoms. The molecule has 2 unspecified atom stereocenters. The summed E-state index contributed by atoms with van der Waals surface area (Å²) in [5, 5.41) is 8.61. The van der Waals surface area contributed by atoms with Crippen LogP contribution in [0.4, 0.5) is 11.6 Å². The molecule has 0 aliphatic heterocycles. The molecule has 0 spiro atoms. The Morgan fingerprint density at radius 3 is 2.58 bits per heavy atom. The fraction of sp³-hybridized carbons (Fsp3) is 0.400. The Morgan fingerprint density at radius 1 is 1.19 bits per heavy atom. The summed E-state index contributed by atoms with van der Waals surface area (Å²) in [6, 6.07) is 14.6. The van der Waals surface area contributed by atoms with Crippen LogP contribution in [-0.4, -0.2) is 62.4 Å². The third-order valence-corrected chi connectivity index (χ3v) is 9.80. The number of hydrogen-bond donors (Lipinski definition) is 1. The van der Waals surface area contributed by atoms with Crippen molar-refractivity contribution in [3.05, 3.63) is 77.4 Å². The van der Waals surface area contributed by atoms with Gasteiger partial charge in [-0.1, -0.05) is 48.9 Å². The Morgan fingerprint density at radius 2 is 1.93 bits per heavy atom. The normalized spacial score (nSPS) is 17.8. The van der Waals surface area contributed by atoms with Crippen molar-refractivity contribution in [3.63, 3.8) is 0 Å². The molecular formula is C30H36ClN7O4S. The molecule has 1 fully saturated rings. The number of rotatable bonds is 13. The number of methoxy groups -OCH3 is 1. The summed E-state index contributed by atoms with van der Waals surface area (Å²) in [5.74, 6) is 1.94. The standard InChI is InChI=1S/C30H36ClN7O4S/c1-20-15-22(20)19-38(13-14-41-4)25-16-24(26(31)27(34-25)37(3)43(39,40)23-11-8-12-33-18-23)28-35-36-29(42-28)30(2,32)17-21-9-6-5-7-10-21/h5-12,16,18,20,22H,13-15,17,19,32H2,1-4H3/t20?,22?,30-/m0/s1. The number of anilines is 2. The molecule has 43 heavy (non-hydrogen) atoms. The van der Waals surface area contributed by atoms with Crippen molar-refractivity contribution in [2.45, 2.75) is 37.1 Å². The summed E-state index contributed by atoms with van der Waals surface area (Å²) in [7, 11) is -1.01. The molecule has 1 saturated carbocycles. The molecule has 4 aromatic rings. The molecule has 1 aliphatic carbocycles. The van der Waals surface area contributed by atoms with Gasteiger partial charge in [-0.25, -0.2) is 13.4 Å². The van der Waals surface area contributed by atoms with Crippen LogP contribution >= 0.6 is 11.6 Å². The molecule has 1 aromatic carbocycles. The Balaban J connectivity index is 1.59. The number of benzene rings is 1. The number of halogens is 1. The van der Waals surface area contributed by atoms with Crippen LogP contribution in [0.1, 0.15) is 31.7 Å². The second kappa shape index (κ2) is 12.6. The molecule has 2 N–H and O–H groups in total. The summed E-state index contributed by atoms with van der Waals surface area (Å²) in [4.78, 5) is 10.8. The van der Waals surface area contributed by atoms with Crippen LogP contribution in [0.25, 0.3) is 11.5 Å². The highest BCUT2D eigenvalue weighted by molar-refractivity contribution is 7.92. The minimum absolute atomic E-state index is 0.00486. The smallest absolute Gasteiger partial charge is 0.266 e. The van der Waals surface area contributed by atoms with E-state index in [0.717, 1.165) is 22.8 Å². The largest absolute Gasteiger partial charge is 0.419 e. The summed E-state index contributed by atoms with van der Waals surface area (Å²) in [5.41, 5.74) is 7.04. The molecular weight excluding hydrogens is 590 g/mol. The Bertz CT molecular complexity index is 1650. The molecule has 3 heterocycles. The fourth-order valence-electron chi connectivity index (χ4n) is 4.90. The molecule has 1 aliphatic rings. The average molecular weight is 626 g/mol. The van der Waals surface area contributed by atoms with Crippen LogP contribution in [0, 0.1) is 11.8 Å². The zero-order valence-corrected chi connectivity index (χ0v) is 26.2. The topological polar surface area (TPSA) is 141 Å². The van der Waals surface area contributed by atoms with E-state index in [-0.39, 0.29) is 27.5 Å². The van der Waals surface area contributed by atoms with Gasteiger partial charge in [-0.3, -0.25) is 9.29 Å². The first kappa shape index (κ1) is 30.9. The van der Waals surface area contributed by atoms with Crippen molar-refractivity contribution in [2.24, 2.45) is 17.6 Å². The van der Waals surface area contributed by atoms with Crippen molar-refractivity contribution in [1.29, 1.82) is 0 Å². The zero-order chi connectivity index (χ0) is 30.8. The van der Waals surface area contributed by atoms with Gasteiger partial charge >= 0.3 is 0 Å². The van der Waals surface area contributed by atoms with Gasteiger partial charge in [0, 0.05) is 39.6 Å². The van der Waals surface area contributed by atoms with Crippen LogP contribution in [0.5, 0.6) is 0 Å². The van der Waals surface area contributed by atoms with Crippen LogP contribution in [0.15, 0.2) is 70.2 Å². The van der Waals surface area contributed by atoms with E-state index in [0.29, 0.717) is 42.8 Å². The first-order valence-corrected chi connectivity index (χ1v) is 15.8. The lowest BCUT2D eigenvalue weighted by Gasteiger charge is -2.27. The lowest BCUT2D eigenvalue weighted by atomic mass is 9.94. The molecule has 3 atom stereocenters. The van der Waals surface area contributed by atoms with Crippen molar-refractivity contribution in [2.75, 3.05) is 43.1 Å². The number of sulfonamides is 1. The molecule has 5 rings (SSSR count). The van der Waals surface area contributed by atoms with E-state index >= 15 is 0 Å². The quantitative estimate of drug-likeness (QED) is 0.225. The van der Waals surface area contributed by atoms with E-state index < -0.39 is 15.6 Å². The molecule has 3 aromatic heterocycles. The second-order valence-corrected chi connectivity index (χ2v) is 13.6. The lowest BCUT2D eigenvalue weighted by molar-refractivity contribution is 0.204. The van der Waals surface area contributed by atoms with Crippen LogP contribution in [-0.2, 0) is 26.7 Å². The molecule has 0 amide bonds. The van der Waals surface area contributed by atoms with E-state index in [1.165, 1.54) is 25.5 Å². The second-order valence-electron chi connectivity index (χ2n) is 11.2. The number of pyridine rings is 2. The summed E-state index contributed by atoms with van der Waals surface area (Å²) in [6.07, 6.45) is 4.36. The molecule has 0 radical (unpaired) electrons. The Labute approximate surface area is 257 Å². The number of nitrogens with two attached hydrogens (primary N) is 1. The van der Waals surface area contributed by atoms with Crippen LogP contribution < -0.4 is 14.9 Å². The van der Waals surface area contributed by atoms with Gasteiger partial charge in [-0.05, 0) is 55.4 Å². The predicted octanol–water partition coefficient (Wildman–Crippen LogP) is 4.53. The monoisotopic (exact) mass is 625 g/mol. The third-order valence-electron chi connectivity index (χ3n) is 7.70. The molecule has 0 saturated heterocycles. The van der Waals surface area contributed by atoms with Crippen molar-refractivity contribution < 1.29 is 17.6 Å². The van der Waals surface area contributed by atoms with Crippen molar-refractivity contribution in [1.82, 2.24) is 20.2 Å². The molecule has 0 bridgehead atoms. The maximum Gasteiger partial charge on any atom is 0.266 e. The first-order valence-electron chi connectivity index (χ1n) is 14.0. The molecule has 11 nitrogen and oxygen atoms in total. The van der Waals surface area contributed by atoms with E-state index in [4.69, 9.17) is 31.5 Å². The number of ether oxygens (including phenoxy) is 1. The maximum absolute atomic E-state index is 13.6. The maximum atomic E-state index is 13.6. The van der Waals surface area contributed by atoms with Crippen LogP contribution in [0.2, 0.25) is 5.02 Å². The highest BCUT2D eigenvalue weighted by atomic mass is 35.5. The Hall–Kier alpha value is -3.58. The fourth-order valence-corrected chi connectivity index (χ4v) is 6.37. The minimum Gasteiger partial charge on any atom is -0.419 e. The highest BCUT2D eigenvalue weighted by Crippen LogP contribution is 2.42. The van der Waals surface area contributed by atoms with Gasteiger partial charge in [0.2, 0.25) is 11.8 Å².